The molecule has 0 spiro atoms. The van der Waals surface area contributed by atoms with Crippen molar-refractivity contribution in [1.29, 1.82) is 0 Å². The number of thiazole rings is 1. The molecule has 1 N–H and O–H groups in total. The van der Waals surface area contributed by atoms with Crippen molar-refractivity contribution < 1.29 is 9.59 Å². The molecule has 0 radical (unpaired) electrons. The molecule has 3 aromatic carbocycles. The van der Waals surface area contributed by atoms with E-state index in [2.05, 4.69) is 24.4 Å². The van der Waals surface area contributed by atoms with Crippen LogP contribution in [0.5, 0.6) is 0 Å². The fourth-order valence-electron chi connectivity index (χ4n) is 3.59. The van der Waals surface area contributed by atoms with Crippen LogP contribution in [0, 0.1) is 20.8 Å². The van der Waals surface area contributed by atoms with Gasteiger partial charge in [-0.3, -0.25) is 9.59 Å². The number of aryl methyl sites for hydroxylation is 3. The van der Waals surface area contributed by atoms with Crippen molar-refractivity contribution >= 4 is 28.7 Å². The zero-order valence-electron chi connectivity index (χ0n) is 19.0. The Hall–Kier alpha value is -3.57. The molecule has 0 aliphatic rings. The lowest BCUT2D eigenvalue weighted by molar-refractivity contribution is -0.116. The number of amides is 1. The van der Waals surface area contributed by atoms with Crippen LogP contribution in [0.25, 0.3) is 21.8 Å². The summed E-state index contributed by atoms with van der Waals surface area (Å²) in [5.41, 5.74) is 6.66. The number of nitrogens with one attached hydrogen (secondary N) is 1. The highest BCUT2D eigenvalue weighted by Crippen LogP contribution is 2.33. The highest BCUT2D eigenvalue weighted by Gasteiger charge is 2.13. The van der Waals surface area contributed by atoms with Crippen molar-refractivity contribution in [3.05, 3.63) is 94.4 Å². The molecule has 0 aliphatic carbocycles. The molecular formula is C28H26N2O2S. The Morgan fingerprint density at radius 2 is 1.55 bits per heavy atom. The monoisotopic (exact) mass is 454 g/mol. The van der Waals surface area contributed by atoms with E-state index in [0.717, 1.165) is 37.8 Å². The number of aromatic nitrogens is 1. The van der Waals surface area contributed by atoms with E-state index in [9.17, 15) is 9.59 Å². The van der Waals surface area contributed by atoms with Crippen molar-refractivity contribution in [1.82, 2.24) is 4.98 Å². The van der Waals surface area contributed by atoms with Gasteiger partial charge >= 0.3 is 0 Å². The van der Waals surface area contributed by atoms with Gasteiger partial charge in [0.05, 0.1) is 5.69 Å². The number of hydrogen-bond acceptors (Lipinski definition) is 4. The summed E-state index contributed by atoms with van der Waals surface area (Å²) in [6, 6.07) is 23.5. The van der Waals surface area contributed by atoms with E-state index in [0.29, 0.717) is 11.3 Å². The number of anilines is 1. The summed E-state index contributed by atoms with van der Waals surface area (Å²) in [4.78, 5) is 30.8. The van der Waals surface area contributed by atoms with E-state index in [1.807, 2.05) is 74.5 Å². The third-order valence-corrected chi connectivity index (χ3v) is 6.69. The molecule has 166 valence electrons. The number of ketones is 1. The molecule has 4 aromatic rings. The topological polar surface area (TPSA) is 59.1 Å². The lowest BCUT2D eigenvalue weighted by Crippen LogP contribution is -2.13. The second-order valence-corrected chi connectivity index (χ2v) is 9.34. The first kappa shape index (κ1) is 22.6. The van der Waals surface area contributed by atoms with Crippen molar-refractivity contribution in [3.8, 4) is 21.8 Å². The van der Waals surface area contributed by atoms with Crippen molar-refractivity contribution in [2.45, 2.75) is 33.6 Å². The molecule has 0 unspecified atom stereocenters. The third kappa shape index (κ3) is 5.44. The summed E-state index contributed by atoms with van der Waals surface area (Å²) in [5.74, 6) is -0.187. The summed E-state index contributed by atoms with van der Waals surface area (Å²) in [5, 5.41) is 3.88. The zero-order valence-corrected chi connectivity index (χ0v) is 19.8. The lowest BCUT2D eigenvalue weighted by atomic mass is 10.0. The Balaban J connectivity index is 1.37. The number of benzene rings is 3. The highest BCUT2D eigenvalue weighted by molar-refractivity contribution is 7.15. The van der Waals surface area contributed by atoms with Crippen LogP contribution < -0.4 is 5.32 Å². The fraction of sp³-hybridized carbons (Fsp3) is 0.179. The van der Waals surface area contributed by atoms with Crippen LogP contribution in [0.15, 0.2) is 72.8 Å². The van der Waals surface area contributed by atoms with Crippen LogP contribution in [0.2, 0.25) is 0 Å². The van der Waals surface area contributed by atoms with Gasteiger partial charge in [0.15, 0.2) is 5.78 Å². The zero-order chi connectivity index (χ0) is 23.4. The summed E-state index contributed by atoms with van der Waals surface area (Å²) < 4.78 is 0. The Labute approximate surface area is 198 Å². The average molecular weight is 455 g/mol. The number of Topliss-reactive ketones (excluding diaryl/α,β-unsaturated/α-hetero) is 1. The second-order valence-electron chi connectivity index (χ2n) is 8.14. The maximum Gasteiger partial charge on any atom is 0.224 e. The quantitative estimate of drug-likeness (QED) is 0.306. The molecule has 0 fully saturated rings. The van der Waals surface area contributed by atoms with Gasteiger partial charge in [0, 0.05) is 40.1 Å². The minimum Gasteiger partial charge on any atom is -0.326 e. The minimum atomic E-state index is -0.170. The largest absolute Gasteiger partial charge is 0.326 e. The molecule has 5 heteroatoms. The molecule has 0 saturated heterocycles. The number of nitrogens with zero attached hydrogens (tertiary/aromatic N) is 1. The summed E-state index contributed by atoms with van der Waals surface area (Å²) in [6.07, 6.45) is 0.339. The second kappa shape index (κ2) is 9.92. The molecule has 1 amide bonds. The standard InChI is InChI=1S/C28H26N2O2S/c1-18-9-10-23(17-19(18)2)25(31)15-16-26(32)29-24-13-11-21(12-14-24)27-20(3)33-28(30-27)22-7-5-4-6-8-22/h4-14,17H,15-16H2,1-3H3,(H,29,32). The van der Waals surface area contributed by atoms with Gasteiger partial charge in [-0.1, -0.05) is 54.6 Å². The maximum absolute atomic E-state index is 12.4. The van der Waals surface area contributed by atoms with Crippen LogP contribution >= 0.6 is 11.3 Å². The van der Waals surface area contributed by atoms with E-state index in [1.54, 1.807) is 11.3 Å². The molecule has 4 nitrogen and oxygen atoms in total. The number of rotatable bonds is 7. The van der Waals surface area contributed by atoms with Crippen LogP contribution in [0.3, 0.4) is 0 Å². The van der Waals surface area contributed by atoms with Gasteiger partial charge in [-0.25, -0.2) is 4.98 Å². The van der Waals surface area contributed by atoms with E-state index in [4.69, 9.17) is 4.98 Å². The highest BCUT2D eigenvalue weighted by atomic mass is 32.1. The van der Waals surface area contributed by atoms with Gasteiger partial charge in [-0.05, 0) is 50.1 Å². The smallest absolute Gasteiger partial charge is 0.224 e. The molecule has 33 heavy (non-hydrogen) atoms. The third-order valence-electron chi connectivity index (χ3n) is 5.67. The van der Waals surface area contributed by atoms with Crippen LogP contribution in [0.1, 0.15) is 39.2 Å². The molecule has 0 atom stereocenters. The predicted octanol–water partition coefficient (Wildman–Crippen LogP) is 7.00. The SMILES string of the molecule is Cc1ccc(C(=O)CCC(=O)Nc2ccc(-c3nc(-c4ccccc4)sc3C)cc2)cc1C. The van der Waals surface area contributed by atoms with Crippen molar-refractivity contribution in [2.24, 2.45) is 0 Å². The lowest BCUT2D eigenvalue weighted by Gasteiger charge is -2.07. The summed E-state index contributed by atoms with van der Waals surface area (Å²) in [7, 11) is 0. The first-order chi connectivity index (χ1) is 15.9. The van der Waals surface area contributed by atoms with E-state index in [1.165, 1.54) is 0 Å². The number of carbonyl (C=O) groups excluding carboxylic acids is 2. The first-order valence-corrected chi connectivity index (χ1v) is 11.8. The van der Waals surface area contributed by atoms with Crippen LogP contribution in [-0.2, 0) is 4.79 Å². The van der Waals surface area contributed by atoms with Gasteiger partial charge in [0.25, 0.3) is 0 Å². The Kier molecular flexibility index (Phi) is 6.80. The molecular weight excluding hydrogens is 428 g/mol. The Morgan fingerprint density at radius 1 is 0.818 bits per heavy atom. The number of hydrogen-bond donors (Lipinski definition) is 1. The van der Waals surface area contributed by atoms with Gasteiger partial charge < -0.3 is 5.32 Å². The normalized spacial score (nSPS) is 10.8. The van der Waals surface area contributed by atoms with Gasteiger partial charge in [0.2, 0.25) is 5.91 Å². The van der Waals surface area contributed by atoms with E-state index >= 15 is 0 Å². The van der Waals surface area contributed by atoms with Crippen molar-refractivity contribution in [3.63, 3.8) is 0 Å². The van der Waals surface area contributed by atoms with E-state index in [-0.39, 0.29) is 24.5 Å². The molecule has 0 bridgehead atoms. The first-order valence-electron chi connectivity index (χ1n) is 10.9. The molecule has 1 heterocycles. The van der Waals surface area contributed by atoms with Crippen LogP contribution in [-0.4, -0.2) is 16.7 Å². The summed E-state index contributed by atoms with van der Waals surface area (Å²) >= 11 is 1.67. The fourth-order valence-corrected chi connectivity index (χ4v) is 4.53. The molecule has 1 aromatic heterocycles. The predicted molar refractivity (Wildman–Crippen MR) is 136 cm³/mol. The van der Waals surface area contributed by atoms with Crippen molar-refractivity contribution in [2.75, 3.05) is 5.32 Å². The van der Waals surface area contributed by atoms with Gasteiger partial charge in [-0.2, -0.15) is 0 Å². The Morgan fingerprint density at radius 3 is 2.24 bits per heavy atom. The average Bonchev–Trinajstić information content (AvgIpc) is 3.22. The number of carbonyl (C=O) groups is 2. The minimum absolute atomic E-state index is 0.0168. The molecule has 0 saturated carbocycles. The summed E-state index contributed by atoms with van der Waals surface area (Å²) in [6.45, 7) is 6.07. The molecule has 4 rings (SSSR count). The van der Waals surface area contributed by atoms with Gasteiger partial charge in [-0.15, -0.1) is 11.3 Å². The molecule has 0 aliphatic heterocycles. The van der Waals surface area contributed by atoms with Crippen LogP contribution in [0.4, 0.5) is 5.69 Å². The van der Waals surface area contributed by atoms with E-state index < -0.39 is 0 Å². The van der Waals surface area contributed by atoms with Gasteiger partial charge in [0.1, 0.15) is 5.01 Å². The maximum atomic E-state index is 12.4. The Bertz CT molecular complexity index is 1290.